The number of carbonyl (C=O) groups is 1. The zero-order chi connectivity index (χ0) is 14.4. The van der Waals surface area contributed by atoms with Gasteiger partial charge in [-0.2, -0.15) is 0 Å². The van der Waals surface area contributed by atoms with Crippen molar-refractivity contribution in [3.8, 4) is 0 Å². The van der Waals surface area contributed by atoms with Crippen LogP contribution in [0.3, 0.4) is 0 Å². The maximum Gasteiger partial charge on any atom is 0.253 e. The number of hydrogen-bond donors (Lipinski definition) is 1. The van der Waals surface area contributed by atoms with E-state index in [1.165, 1.54) is 0 Å². The first-order chi connectivity index (χ1) is 8.95. The smallest absolute Gasteiger partial charge is 0.253 e. The van der Waals surface area contributed by atoms with Crippen LogP contribution in [0.5, 0.6) is 0 Å². The molecule has 0 aliphatic heterocycles. The van der Waals surface area contributed by atoms with Crippen LogP contribution in [0.1, 0.15) is 29.3 Å². The molecular weight excluding hydrogens is 240 g/mol. The van der Waals surface area contributed by atoms with Gasteiger partial charge in [0.05, 0.1) is 0 Å². The van der Waals surface area contributed by atoms with Crippen LogP contribution < -0.4 is 5.32 Å². The summed E-state index contributed by atoms with van der Waals surface area (Å²) >= 11 is 0. The number of amides is 1. The van der Waals surface area contributed by atoms with E-state index in [0.717, 1.165) is 24.3 Å². The van der Waals surface area contributed by atoms with Gasteiger partial charge in [-0.25, -0.2) is 0 Å². The average Bonchev–Trinajstić information content (AvgIpc) is 2.38. The molecular formula is C15H24N2O2. The molecule has 1 aromatic carbocycles. The van der Waals surface area contributed by atoms with E-state index in [2.05, 4.69) is 12.2 Å². The molecule has 106 valence electrons. The number of aryl methyl sites for hydroxylation is 1. The summed E-state index contributed by atoms with van der Waals surface area (Å²) < 4.78 is 5.07. The zero-order valence-electron chi connectivity index (χ0n) is 12.5. The molecule has 0 fully saturated rings. The summed E-state index contributed by atoms with van der Waals surface area (Å²) in [5, 5.41) is 3.43. The number of nitrogens with one attached hydrogen (secondary N) is 1. The fourth-order valence-electron chi connectivity index (χ4n) is 1.80. The topological polar surface area (TPSA) is 41.6 Å². The molecule has 0 bridgehead atoms. The molecule has 4 heteroatoms. The molecule has 4 nitrogen and oxygen atoms in total. The molecule has 1 rings (SSSR count). The SMILES string of the molecule is COCCC(C)Nc1cc(C(=O)N(C)C)ccc1C. The number of rotatable bonds is 6. The minimum absolute atomic E-state index is 0.0209. The Balaban J connectivity index is 2.82. The summed E-state index contributed by atoms with van der Waals surface area (Å²) in [4.78, 5) is 13.5. The molecule has 0 saturated heterocycles. The lowest BCUT2D eigenvalue weighted by molar-refractivity contribution is 0.0827. The number of anilines is 1. The molecule has 0 radical (unpaired) electrons. The molecule has 19 heavy (non-hydrogen) atoms. The third-order valence-corrected chi connectivity index (χ3v) is 3.05. The van der Waals surface area contributed by atoms with Gasteiger partial charge in [0.15, 0.2) is 0 Å². The van der Waals surface area contributed by atoms with E-state index in [4.69, 9.17) is 4.74 Å². The van der Waals surface area contributed by atoms with Crippen molar-refractivity contribution in [1.29, 1.82) is 0 Å². The normalized spacial score (nSPS) is 12.1. The highest BCUT2D eigenvalue weighted by atomic mass is 16.5. The Kier molecular flexibility index (Phi) is 5.83. The lowest BCUT2D eigenvalue weighted by Gasteiger charge is -2.18. The Morgan fingerprint density at radius 3 is 2.68 bits per heavy atom. The number of methoxy groups -OCH3 is 1. The molecule has 0 heterocycles. The van der Waals surface area contributed by atoms with Gasteiger partial charge >= 0.3 is 0 Å². The summed E-state index contributed by atoms with van der Waals surface area (Å²) in [6.07, 6.45) is 0.932. The molecule has 0 aliphatic rings. The van der Waals surface area contributed by atoms with Gasteiger partial charge in [0.25, 0.3) is 5.91 Å². The number of hydrogen-bond acceptors (Lipinski definition) is 3. The van der Waals surface area contributed by atoms with Crippen LogP contribution >= 0.6 is 0 Å². The minimum atomic E-state index is 0.0209. The van der Waals surface area contributed by atoms with Crippen molar-refractivity contribution in [3.63, 3.8) is 0 Å². The first-order valence-electron chi connectivity index (χ1n) is 6.53. The third-order valence-electron chi connectivity index (χ3n) is 3.05. The fraction of sp³-hybridized carbons (Fsp3) is 0.533. The summed E-state index contributed by atoms with van der Waals surface area (Å²) in [6, 6.07) is 6.06. The lowest BCUT2D eigenvalue weighted by atomic mass is 10.1. The van der Waals surface area contributed by atoms with Crippen molar-refractivity contribution in [2.75, 3.05) is 33.1 Å². The predicted molar refractivity (Wildman–Crippen MR) is 78.8 cm³/mol. The van der Waals surface area contributed by atoms with Gasteiger partial charge in [-0.05, 0) is 38.0 Å². The van der Waals surface area contributed by atoms with Crippen molar-refractivity contribution in [3.05, 3.63) is 29.3 Å². The molecule has 0 saturated carbocycles. The monoisotopic (exact) mass is 264 g/mol. The second-order valence-electron chi connectivity index (χ2n) is 5.06. The van der Waals surface area contributed by atoms with Crippen molar-refractivity contribution < 1.29 is 9.53 Å². The largest absolute Gasteiger partial charge is 0.385 e. The second-order valence-corrected chi connectivity index (χ2v) is 5.06. The van der Waals surface area contributed by atoms with E-state index < -0.39 is 0 Å². The van der Waals surface area contributed by atoms with E-state index in [-0.39, 0.29) is 5.91 Å². The molecule has 0 aromatic heterocycles. The predicted octanol–water partition coefficient (Wildman–Crippen LogP) is 2.53. The Labute approximate surface area is 115 Å². The van der Waals surface area contributed by atoms with Gasteiger partial charge in [0.2, 0.25) is 0 Å². The highest BCUT2D eigenvalue weighted by molar-refractivity contribution is 5.95. The van der Waals surface area contributed by atoms with Gasteiger partial charge in [0, 0.05) is 45.1 Å². The molecule has 0 spiro atoms. The quantitative estimate of drug-likeness (QED) is 0.858. The van der Waals surface area contributed by atoms with Gasteiger partial charge < -0.3 is 15.0 Å². The molecule has 1 atom stereocenters. The van der Waals surface area contributed by atoms with Crippen LogP contribution in [0.2, 0.25) is 0 Å². The maximum absolute atomic E-state index is 11.9. The Bertz CT molecular complexity index is 430. The van der Waals surface area contributed by atoms with E-state index in [1.807, 2.05) is 25.1 Å². The summed E-state index contributed by atoms with van der Waals surface area (Å²) in [7, 11) is 5.22. The third kappa shape index (κ3) is 4.56. The average molecular weight is 264 g/mol. The van der Waals surface area contributed by atoms with Crippen molar-refractivity contribution in [2.24, 2.45) is 0 Å². The Morgan fingerprint density at radius 1 is 1.42 bits per heavy atom. The molecule has 1 N–H and O–H groups in total. The van der Waals surface area contributed by atoms with Gasteiger partial charge in [-0.3, -0.25) is 4.79 Å². The molecule has 1 unspecified atom stereocenters. The second kappa shape index (κ2) is 7.14. The molecule has 1 aromatic rings. The number of nitrogens with zero attached hydrogens (tertiary/aromatic N) is 1. The van der Waals surface area contributed by atoms with Crippen LogP contribution in [-0.2, 0) is 4.74 Å². The van der Waals surface area contributed by atoms with Crippen molar-refractivity contribution in [1.82, 2.24) is 4.90 Å². The van der Waals surface area contributed by atoms with E-state index in [1.54, 1.807) is 26.1 Å². The molecule has 1 amide bonds. The highest BCUT2D eigenvalue weighted by Gasteiger charge is 2.11. The van der Waals surface area contributed by atoms with Crippen LogP contribution in [0.15, 0.2) is 18.2 Å². The Morgan fingerprint density at radius 2 is 2.11 bits per heavy atom. The van der Waals surface area contributed by atoms with Gasteiger partial charge in [0.1, 0.15) is 0 Å². The van der Waals surface area contributed by atoms with E-state index in [9.17, 15) is 4.79 Å². The number of benzene rings is 1. The van der Waals surface area contributed by atoms with Crippen molar-refractivity contribution >= 4 is 11.6 Å². The summed E-state index contributed by atoms with van der Waals surface area (Å²) in [6.45, 7) is 4.87. The van der Waals surface area contributed by atoms with Gasteiger partial charge in [-0.15, -0.1) is 0 Å². The van der Waals surface area contributed by atoms with E-state index in [0.29, 0.717) is 11.6 Å². The number of carbonyl (C=O) groups excluding carboxylic acids is 1. The summed E-state index contributed by atoms with van der Waals surface area (Å²) in [5.41, 5.74) is 2.85. The maximum atomic E-state index is 11.9. The van der Waals surface area contributed by atoms with Crippen LogP contribution in [0.4, 0.5) is 5.69 Å². The fourth-order valence-corrected chi connectivity index (χ4v) is 1.80. The van der Waals surface area contributed by atoms with Gasteiger partial charge in [-0.1, -0.05) is 6.07 Å². The first-order valence-corrected chi connectivity index (χ1v) is 6.53. The van der Waals surface area contributed by atoms with Crippen LogP contribution in [-0.4, -0.2) is 44.7 Å². The molecule has 0 aliphatic carbocycles. The standard InChI is InChI=1S/C15H24N2O2/c1-11-6-7-13(15(18)17(3)4)10-14(11)16-12(2)8-9-19-5/h6-7,10,12,16H,8-9H2,1-5H3. The number of ether oxygens (including phenoxy) is 1. The highest BCUT2D eigenvalue weighted by Crippen LogP contribution is 2.19. The minimum Gasteiger partial charge on any atom is -0.385 e. The van der Waals surface area contributed by atoms with E-state index >= 15 is 0 Å². The van der Waals surface area contributed by atoms with Crippen molar-refractivity contribution in [2.45, 2.75) is 26.3 Å². The van der Waals surface area contributed by atoms with Crippen LogP contribution in [0.25, 0.3) is 0 Å². The summed E-state index contributed by atoms with van der Waals surface area (Å²) in [5.74, 6) is 0.0209. The lowest BCUT2D eigenvalue weighted by Crippen LogP contribution is -2.22. The first kappa shape index (κ1) is 15.5. The van der Waals surface area contributed by atoms with Crippen LogP contribution in [0, 0.1) is 6.92 Å². The zero-order valence-corrected chi connectivity index (χ0v) is 12.5. The Hall–Kier alpha value is -1.55.